The topological polar surface area (TPSA) is 122 Å². The second kappa shape index (κ2) is 13.9. The van der Waals surface area contributed by atoms with Gasteiger partial charge < -0.3 is 25.0 Å². The zero-order valence-electron chi connectivity index (χ0n) is 24.2. The molecule has 0 aliphatic heterocycles. The molecular weight excluding hydrogens is 617 g/mol. The van der Waals surface area contributed by atoms with Gasteiger partial charge in [-0.05, 0) is 100 Å². The number of aliphatic carboxylic acids is 2. The van der Waals surface area contributed by atoms with Crippen molar-refractivity contribution in [1.82, 2.24) is 5.32 Å². The third-order valence-electron chi connectivity index (χ3n) is 6.61. The molecule has 8 nitrogen and oxygen atoms in total. The van der Waals surface area contributed by atoms with E-state index in [0.29, 0.717) is 35.1 Å². The predicted molar refractivity (Wildman–Crippen MR) is 167 cm³/mol. The van der Waals surface area contributed by atoms with Crippen LogP contribution in [0.15, 0.2) is 72.8 Å². The van der Waals surface area contributed by atoms with Crippen molar-refractivity contribution in [1.29, 1.82) is 0 Å². The average Bonchev–Trinajstić information content (AvgIpc) is 3.58. The Morgan fingerprint density at radius 2 is 1.26 bits per heavy atom. The molecule has 3 aromatic rings. The summed E-state index contributed by atoms with van der Waals surface area (Å²) >= 11 is 17.8. The number of hydrogen-bond acceptors (Lipinski definition) is 5. The zero-order valence-corrected chi connectivity index (χ0v) is 26.5. The van der Waals surface area contributed by atoms with E-state index in [2.05, 4.69) is 5.32 Å². The number of benzene rings is 3. The molecule has 0 aromatic heterocycles. The maximum atomic E-state index is 12.0. The van der Waals surface area contributed by atoms with Gasteiger partial charge in [-0.15, -0.1) is 23.2 Å². The highest BCUT2D eigenvalue weighted by Crippen LogP contribution is 2.59. The molecule has 4 rings (SSSR count). The van der Waals surface area contributed by atoms with Gasteiger partial charge in [-0.25, -0.2) is 9.59 Å². The summed E-state index contributed by atoms with van der Waals surface area (Å²) in [6.45, 7) is 6.49. The number of ether oxygens (including phenoxy) is 2. The standard InChI is InChI=1S/C19H20ClNO4.C13H14Cl2O3/c1-19(2,18(23)24)25-16-9-3-13(4-10-16)11-12-21-17(22)14-5-7-15(20)8-6-14;1-12(2,11(16)17)18-9-5-3-8(4-6-9)10-7-13(10,14)15/h3-10H,11-12H2,1-2H3,(H,21,22)(H,23,24);3-6,10H,7H2,1-2H3,(H,16,17). The first-order valence-corrected chi connectivity index (χ1v) is 14.6. The second-order valence-corrected chi connectivity index (χ2v) is 13.1. The lowest BCUT2D eigenvalue weighted by atomic mass is 10.1. The van der Waals surface area contributed by atoms with E-state index >= 15 is 0 Å². The van der Waals surface area contributed by atoms with Crippen molar-refractivity contribution in [2.45, 2.75) is 62.0 Å². The molecule has 1 unspecified atom stereocenters. The van der Waals surface area contributed by atoms with Crippen LogP contribution in [0, 0.1) is 0 Å². The third kappa shape index (κ3) is 10.1. The summed E-state index contributed by atoms with van der Waals surface area (Å²) in [6, 6.07) is 21.1. The van der Waals surface area contributed by atoms with Crippen LogP contribution in [-0.2, 0) is 16.0 Å². The normalized spacial score (nSPS) is 15.4. The van der Waals surface area contributed by atoms with Crippen LogP contribution in [0.4, 0.5) is 0 Å². The zero-order chi connectivity index (χ0) is 32.0. The summed E-state index contributed by atoms with van der Waals surface area (Å²) in [6.07, 6.45) is 1.40. The Labute approximate surface area is 265 Å². The molecule has 1 saturated carbocycles. The van der Waals surface area contributed by atoms with Crippen LogP contribution in [0.3, 0.4) is 0 Å². The Morgan fingerprint density at radius 3 is 1.67 bits per heavy atom. The van der Waals surface area contributed by atoms with E-state index in [1.807, 2.05) is 24.3 Å². The minimum Gasteiger partial charge on any atom is -0.478 e. The monoisotopic (exact) mass is 649 g/mol. The van der Waals surface area contributed by atoms with Gasteiger partial charge in [0.05, 0.1) is 0 Å². The van der Waals surface area contributed by atoms with Gasteiger partial charge in [0.2, 0.25) is 0 Å². The van der Waals surface area contributed by atoms with Crippen molar-refractivity contribution in [2.75, 3.05) is 6.54 Å². The average molecular weight is 651 g/mol. The highest BCUT2D eigenvalue weighted by Gasteiger charge is 2.52. The van der Waals surface area contributed by atoms with E-state index in [1.54, 1.807) is 48.5 Å². The van der Waals surface area contributed by atoms with Crippen LogP contribution in [0.1, 0.15) is 61.5 Å². The molecule has 0 heterocycles. The third-order valence-corrected chi connectivity index (χ3v) is 7.70. The maximum Gasteiger partial charge on any atom is 0.347 e. The van der Waals surface area contributed by atoms with Gasteiger partial charge in [0.15, 0.2) is 11.2 Å². The van der Waals surface area contributed by atoms with Gasteiger partial charge in [0.25, 0.3) is 5.91 Å². The summed E-state index contributed by atoms with van der Waals surface area (Å²) in [4.78, 5) is 34.0. The summed E-state index contributed by atoms with van der Waals surface area (Å²) in [5, 5.41) is 21.5. The molecular formula is C32H34Cl3NO7. The molecule has 0 saturated heterocycles. The Kier molecular flexibility index (Phi) is 11.0. The number of carbonyl (C=O) groups is 3. The van der Waals surface area contributed by atoms with Crippen molar-refractivity contribution < 1.29 is 34.1 Å². The molecule has 0 spiro atoms. The van der Waals surface area contributed by atoms with E-state index in [0.717, 1.165) is 17.5 Å². The number of hydrogen-bond donors (Lipinski definition) is 3. The van der Waals surface area contributed by atoms with Gasteiger partial charge in [-0.1, -0.05) is 35.9 Å². The number of rotatable bonds is 11. The fourth-order valence-corrected chi connectivity index (χ4v) is 4.45. The van der Waals surface area contributed by atoms with Gasteiger partial charge in [0.1, 0.15) is 15.8 Å². The molecule has 230 valence electrons. The molecule has 1 aliphatic rings. The number of carbonyl (C=O) groups excluding carboxylic acids is 1. The first-order valence-electron chi connectivity index (χ1n) is 13.5. The smallest absolute Gasteiger partial charge is 0.347 e. The first kappa shape index (κ1) is 34.0. The van der Waals surface area contributed by atoms with E-state index in [1.165, 1.54) is 27.7 Å². The maximum absolute atomic E-state index is 12.0. The van der Waals surface area contributed by atoms with Crippen LogP contribution in [0.5, 0.6) is 11.5 Å². The summed E-state index contributed by atoms with van der Waals surface area (Å²) in [5.41, 5.74) is 0.0826. The molecule has 1 amide bonds. The molecule has 11 heteroatoms. The van der Waals surface area contributed by atoms with Crippen LogP contribution in [0.25, 0.3) is 0 Å². The van der Waals surface area contributed by atoms with Crippen molar-refractivity contribution >= 4 is 52.6 Å². The molecule has 3 aromatic carbocycles. The van der Waals surface area contributed by atoms with Crippen molar-refractivity contribution in [3.63, 3.8) is 0 Å². The van der Waals surface area contributed by atoms with Crippen LogP contribution < -0.4 is 14.8 Å². The lowest BCUT2D eigenvalue weighted by Crippen LogP contribution is -2.37. The molecule has 0 radical (unpaired) electrons. The quantitative estimate of drug-likeness (QED) is 0.189. The van der Waals surface area contributed by atoms with Crippen molar-refractivity contribution in [3.05, 3.63) is 94.5 Å². The van der Waals surface area contributed by atoms with Gasteiger partial charge in [-0.2, -0.15) is 0 Å². The minimum absolute atomic E-state index is 0.153. The molecule has 1 aliphatic carbocycles. The van der Waals surface area contributed by atoms with Crippen LogP contribution in [0.2, 0.25) is 5.02 Å². The largest absolute Gasteiger partial charge is 0.478 e. The molecule has 3 N–H and O–H groups in total. The number of nitrogens with one attached hydrogen (secondary N) is 1. The first-order chi connectivity index (χ1) is 20.0. The number of halogens is 3. The van der Waals surface area contributed by atoms with Crippen molar-refractivity contribution in [3.8, 4) is 11.5 Å². The van der Waals surface area contributed by atoms with Crippen LogP contribution in [-0.4, -0.2) is 50.1 Å². The summed E-state index contributed by atoms with van der Waals surface area (Å²) in [5.74, 6) is -1.03. The van der Waals surface area contributed by atoms with Gasteiger partial charge in [0, 0.05) is 23.0 Å². The predicted octanol–water partition coefficient (Wildman–Crippen LogP) is 7.14. The summed E-state index contributed by atoms with van der Waals surface area (Å²) in [7, 11) is 0. The number of carboxylic acids is 2. The molecule has 0 bridgehead atoms. The molecule has 1 atom stereocenters. The Balaban J connectivity index is 0.000000248. The highest BCUT2D eigenvalue weighted by molar-refractivity contribution is 6.51. The lowest BCUT2D eigenvalue weighted by molar-refractivity contribution is -0.152. The lowest BCUT2D eigenvalue weighted by Gasteiger charge is -2.21. The molecule has 43 heavy (non-hydrogen) atoms. The van der Waals surface area contributed by atoms with Crippen molar-refractivity contribution in [2.24, 2.45) is 0 Å². The van der Waals surface area contributed by atoms with E-state index in [-0.39, 0.29) is 11.8 Å². The SMILES string of the molecule is CC(C)(Oc1ccc(C2CC2(Cl)Cl)cc1)C(=O)O.CC(C)(Oc1ccc(CCNC(=O)c2ccc(Cl)cc2)cc1)C(=O)O. The Morgan fingerprint density at radius 1 is 0.814 bits per heavy atom. The van der Waals surface area contributed by atoms with Gasteiger partial charge >= 0.3 is 11.9 Å². The number of alkyl halides is 2. The number of carboxylic acid groups (broad SMARTS) is 2. The fraction of sp³-hybridized carbons (Fsp3) is 0.344. The number of amides is 1. The Bertz CT molecular complexity index is 1420. The van der Waals surface area contributed by atoms with E-state index in [9.17, 15) is 14.4 Å². The molecule has 1 fully saturated rings. The highest BCUT2D eigenvalue weighted by atomic mass is 35.5. The van der Waals surface area contributed by atoms with E-state index < -0.39 is 27.5 Å². The summed E-state index contributed by atoms with van der Waals surface area (Å²) < 4.78 is 10.2. The van der Waals surface area contributed by atoms with Gasteiger partial charge in [-0.3, -0.25) is 4.79 Å². The second-order valence-electron chi connectivity index (χ2n) is 11.1. The fourth-order valence-electron chi connectivity index (χ4n) is 3.77. The van der Waals surface area contributed by atoms with Crippen LogP contribution >= 0.6 is 34.8 Å². The minimum atomic E-state index is -1.28. The van der Waals surface area contributed by atoms with E-state index in [4.69, 9.17) is 54.5 Å². The Hall–Kier alpha value is -3.46.